The summed E-state index contributed by atoms with van der Waals surface area (Å²) in [7, 11) is 1.60. The minimum absolute atomic E-state index is 0.167. The first kappa shape index (κ1) is 24.7. The zero-order valence-electron chi connectivity index (χ0n) is 18.8. The van der Waals surface area contributed by atoms with Crippen molar-refractivity contribution in [1.82, 2.24) is 10.2 Å². The Bertz CT molecular complexity index is 884. The van der Waals surface area contributed by atoms with E-state index < -0.39 is 6.04 Å². The smallest absolute Gasteiger partial charge is 0.261 e. The first-order chi connectivity index (χ1) is 14.8. The number of hydrogen-bond acceptors (Lipinski definition) is 4. The number of likely N-dealkylation sites (N-methyl/N-ethyl adjacent to an activating group) is 1. The third-order valence-electron chi connectivity index (χ3n) is 5.00. The van der Waals surface area contributed by atoms with E-state index in [4.69, 9.17) is 9.47 Å². The second-order valence-electron chi connectivity index (χ2n) is 7.57. The molecule has 1 atom stereocenters. The van der Waals surface area contributed by atoms with Crippen LogP contribution in [-0.2, 0) is 16.1 Å². The Hall–Kier alpha value is -2.54. The van der Waals surface area contributed by atoms with Crippen molar-refractivity contribution in [2.45, 2.75) is 46.2 Å². The van der Waals surface area contributed by atoms with Crippen LogP contribution in [0.25, 0.3) is 0 Å². The van der Waals surface area contributed by atoms with Gasteiger partial charge in [0.1, 0.15) is 17.5 Å². The normalized spacial score (nSPS) is 11.7. The largest absolute Gasteiger partial charge is 0.497 e. The lowest BCUT2D eigenvalue weighted by Crippen LogP contribution is -2.49. The molecule has 2 aromatic carbocycles. The number of carbonyl (C=O) groups excluding carboxylic acids is 2. The van der Waals surface area contributed by atoms with Gasteiger partial charge in [-0.3, -0.25) is 9.59 Å². The molecule has 2 aromatic rings. The number of halogens is 1. The van der Waals surface area contributed by atoms with Crippen LogP contribution in [0.4, 0.5) is 0 Å². The molecule has 0 saturated carbocycles. The number of carbonyl (C=O) groups is 2. The van der Waals surface area contributed by atoms with Gasteiger partial charge in [0.25, 0.3) is 5.91 Å². The van der Waals surface area contributed by atoms with Crippen LogP contribution in [0.15, 0.2) is 46.9 Å². The molecule has 0 heterocycles. The van der Waals surface area contributed by atoms with Gasteiger partial charge in [0.15, 0.2) is 6.61 Å². The number of benzene rings is 2. The molecule has 1 N–H and O–H groups in total. The van der Waals surface area contributed by atoms with Gasteiger partial charge < -0.3 is 19.7 Å². The predicted octanol–water partition coefficient (Wildman–Crippen LogP) is 4.51. The summed E-state index contributed by atoms with van der Waals surface area (Å²) in [6.45, 7) is 8.43. The van der Waals surface area contributed by atoms with Crippen molar-refractivity contribution >= 4 is 27.7 Å². The van der Waals surface area contributed by atoms with Crippen LogP contribution >= 0.6 is 15.9 Å². The van der Waals surface area contributed by atoms with E-state index in [-0.39, 0.29) is 25.0 Å². The maximum absolute atomic E-state index is 13.1. The summed E-state index contributed by atoms with van der Waals surface area (Å²) in [4.78, 5) is 27.0. The summed E-state index contributed by atoms with van der Waals surface area (Å²) in [5.74, 6) is 1.25. The molecule has 0 spiro atoms. The average molecular weight is 491 g/mol. The fourth-order valence-corrected chi connectivity index (χ4v) is 3.56. The van der Waals surface area contributed by atoms with Crippen molar-refractivity contribution in [3.63, 3.8) is 0 Å². The highest BCUT2D eigenvalue weighted by Crippen LogP contribution is 2.29. The first-order valence-corrected chi connectivity index (χ1v) is 11.2. The maximum Gasteiger partial charge on any atom is 0.261 e. The number of hydrogen-bond donors (Lipinski definition) is 1. The fourth-order valence-electron chi connectivity index (χ4n) is 3.05. The number of nitrogens with zero attached hydrogens (tertiary/aromatic N) is 1. The molecule has 31 heavy (non-hydrogen) atoms. The summed E-state index contributed by atoms with van der Waals surface area (Å²) in [5, 5.41) is 2.78. The molecule has 0 bridgehead atoms. The lowest BCUT2D eigenvalue weighted by atomic mass is 10.0. The molecule has 0 aliphatic rings. The minimum atomic E-state index is -0.634. The van der Waals surface area contributed by atoms with E-state index in [0.717, 1.165) is 15.8 Å². The Labute approximate surface area is 193 Å². The standard InChI is InChI=1S/C24H31BrN2O4/c1-6-26-24(29)17(4)27(14-18-7-10-20(30-5)11-8-18)23(28)15-31-22-12-9-19(16(2)3)13-21(22)25/h7-13,16-17H,6,14-15H2,1-5H3,(H,26,29)/t17-/m0/s1. The molecule has 0 saturated heterocycles. The van der Waals surface area contributed by atoms with Crippen molar-refractivity contribution in [3.8, 4) is 11.5 Å². The predicted molar refractivity (Wildman–Crippen MR) is 125 cm³/mol. The second-order valence-corrected chi connectivity index (χ2v) is 8.43. The van der Waals surface area contributed by atoms with E-state index in [2.05, 4.69) is 35.1 Å². The van der Waals surface area contributed by atoms with Gasteiger partial charge in [-0.25, -0.2) is 0 Å². The molecular weight excluding hydrogens is 460 g/mol. The fraction of sp³-hybridized carbons (Fsp3) is 0.417. The topological polar surface area (TPSA) is 67.9 Å². The number of amides is 2. The summed E-state index contributed by atoms with van der Waals surface area (Å²) in [6, 6.07) is 12.6. The summed E-state index contributed by atoms with van der Waals surface area (Å²) in [6.07, 6.45) is 0. The Balaban J connectivity index is 2.15. The van der Waals surface area contributed by atoms with Gasteiger partial charge in [-0.05, 0) is 71.1 Å². The van der Waals surface area contributed by atoms with Crippen molar-refractivity contribution in [2.75, 3.05) is 20.3 Å². The molecule has 7 heteroatoms. The second kappa shape index (κ2) is 11.7. The van der Waals surface area contributed by atoms with Crippen LogP contribution in [0.3, 0.4) is 0 Å². The van der Waals surface area contributed by atoms with Crippen LogP contribution in [-0.4, -0.2) is 43.0 Å². The monoisotopic (exact) mass is 490 g/mol. The van der Waals surface area contributed by atoms with Gasteiger partial charge in [-0.15, -0.1) is 0 Å². The Morgan fingerprint density at radius 1 is 1.10 bits per heavy atom. The molecule has 168 valence electrons. The molecule has 0 aliphatic carbocycles. The first-order valence-electron chi connectivity index (χ1n) is 10.4. The van der Waals surface area contributed by atoms with Crippen LogP contribution in [0.5, 0.6) is 11.5 Å². The molecule has 6 nitrogen and oxygen atoms in total. The Morgan fingerprint density at radius 2 is 1.77 bits per heavy atom. The quantitative estimate of drug-likeness (QED) is 0.531. The van der Waals surface area contributed by atoms with Crippen molar-refractivity contribution in [2.24, 2.45) is 0 Å². The van der Waals surface area contributed by atoms with E-state index >= 15 is 0 Å². The van der Waals surface area contributed by atoms with Crippen LogP contribution < -0.4 is 14.8 Å². The highest BCUT2D eigenvalue weighted by Gasteiger charge is 2.26. The van der Waals surface area contributed by atoms with Crippen molar-refractivity contribution in [3.05, 3.63) is 58.1 Å². The summed E-state index contributed by atoms with van der Waals surface area (Å²) < 4.78 is 11.8. The third kappa shape index (κ3) is 6.99. The Morgan fingerprint density at radius 3 is 2.32 bits per heavy atom. The van der Waals surface area contributed by atoms with Gasteiger partial charge in [0.2, 0.25) is 5.91 Å². The van der Waals surface area contributed by atoms with Crippen LogP contribution in [0, 0.1) is 0 Å². The van der Waals surface area contributed by atoms with E-state index in [9.17, 15) is 9.59 Å². The van der Waals surface area contributed by atoms with Gasteiger partial charge >= 0.3 is 0 Å². The van der Waals surface area contributed by atoms with Gasteiger partial charge in [-0.2, -0.15) is 0 Å². The molecule has 0 aliphatic heterocycles. The van der Waals surface area contributed by atoms with E-state index in [1.807, 2.05) is 49.4 Å². The molecular formula is C24H31BrN2O4. The lowest BCUT2D eigenvalue weighted by molar-refractivity contribution is -0.142. The van der Waals surface area contributed by atoms with E-state index in [1.165, 1.54) is 10.5 Å². The molecule has 2 rings (SSSR count). The van der Waals surface area contributed by atoms with Crippen molar-refractivity contribution < 1.29 is 19.1 Å². The number of rotatable bonds is 10. The lowest BCUT2D eigenvalue weighted by Gasteiger charge is -2.28. The molecule has 0 unspecified atom stereocenters. The zero-order chi connectivity index (χ0) is 23.0. The molecule has 0 fully saturated rings. The highest BCUT2D eigenvalue weighted by molar-refractivity contribution is 9.10. The van der Waals surface area contributed by atoms with E-state index in [0.29, 0.717) is 18.2 Å². The SMILES string of the molecule is CCNC(=O)[C@H](C)N(Cc1ccc(OC)cc1)C(=O)COc1ccc(C(C)C)cc1Br. The summed E-state index contributed by atoms with van der Waals surface area (Å²) in [5.41, 5.74) is 2.07. The van der Waals surface area contributed by atoms with Gasteiger partial charge in [0.05, 0.1) is 11.6 Å². The third-order valence-corrected chi connectivity index (χ3v) is 5.62. The Kier molecular flexibility index (Phi) is 9.37. The summed E-state index contributed by atoms with van der Waals surface area (Å²) >= 11 is 3.52. The minimum Gasteiger partial charge on any atom is -0.497 e. The van der Waals surface area contributed by atoms with Gasteiger partial charge in [-0.1, -0.05) is 32.0 Å². The molecule has 2 amide bonds. The number of ether oxygens (including phenoxy) is 2. The number of nitrogens with one attached hydrogen (secondary N) is 1. The van der Waals surface area contributed by atoms with Gasteiger partial charge in [0, 0.05) is 13.1 Å². The average Bonchev–Trinajstić information content (AvgIpc) is 2.76. The van der Waals surface area contributed by atoms with Crippen LogP contribution in [0.1, 0.15) is 44.7 Å². The maximum atomic E-state index is 13.1. The zero-order valence-corrected chi connectivity index (χ0v) is 20.4. The van der Waals surface area contributed by atoms with Crippen molar-refractivity contribution in [1.29, 1.82) is 0 Å². The van der Waals surface area contributed by atoms with Crippen LogP contribution in [0.2, 0.25) is 0 Å². The van der Waals surface area contributed by atoms with E-state index in [1.54, 1.807) is 14.0 Å². The highest BCUT2D eigenvalue weighted by atomic mass is 79.9. The molecule has 0 radical (unpaired) electrons. The number of methoxy groups -OCH3 is 1. The molecule has 0 aromatic heterocycles.